The molecule has 1 atom stereocenters. The quantitative estimate of drug-likeness (QED) is 0.518. The molecule has 0 unspecified atom stereocenters. The van der Waals surface area contributed by atoms with Crippen molar-refractivity contribution in [3.8, 4) is 11.4 Å². The summed E-state index contributed by atoms with van der Waals surface area (Å²) in [7, 11) is 1.51. The second kappa shape index (κ2) is 8.35. The van der Waals surface area contributed by atoms with E-state index in [0.29, 0.717) is 28.1 Å². The maximum absolute atomic E-state index is 13.5. The zero-order chi connectivity index (χ0) is 22.0. The normalized spacial score (nSPS) is 11.9. The molecule has 2 aromatic heterocycles. The predicted octanol–water partition coefficient (Wildman–Crippen LogP) is 2.63. The summed E-state index contributed by atoms with van der Waals surface area (Å²) in [5.41, 5.74) is -0.333. The van der Waals surface area contributed by atoms with Gasteiger partial charge >= 0.3 is 5.69 Å². The molecule has 0 fully saturated rings. The minimum atomic E-state index is -0.871. The molecule has 0 radical (unpaired) electrons. The van der Waals surface area contributed by atoms with Crippen LogP contribution in [0.5, 0.6) is 5.75 Å². The molecule has 1 N–H and O–H groups in total. The number of hydrogen-bond donors (Lipinski definition) is 1. The first-order valence-electron chi connectivity index (χ1n) is 9.72. The fourth-order valence-electron chi connectivity index (χ4n) is 3.49. The summed E-state index contributed by atoms with van der Waals surface area (Å²) in [5.74, 6) is 0.728. The highest BCUT2D eigenvalue weighted by Gasteiger charge is 2.22. The molecule has 2 heterocycles. The molecule has 4 aromatic rings. The van der Waals surface area contributed by atoms with Gasteiger partial charge < -0.3 is 14.5 Å². The molecule has 0 saturated carbocycles. The Labute approximate surface area is 177 Å². The van der Waals surface area contributed by atoms with Crippen molar-refractivity contribution in [2.75, 3.05) is 7.11 Å². The summed E-state index contributed by atoms with van der Waals surface area (Å²) < 4.78 is 12.9. The van der Waals surface area contributed by atoms with Crippen molar-refractivity contribution in [1.29, 1.82) is 0 Å². The number of carbonyl (C=O) groups excluding carboxylic acids is 1. The number of ether oxygens (including phenoxy) is 1. The highest BCUT2D eigenvalue weighted by atomic mass is 16.5. The number of amides is 1. The average molecular weight is 419 g/mol. The van der Waals surface area contributed by atoms with E-state index in [0.717, 1.165) is 4.57 Å². The summed E-state index contributed by atoms with van der Waals surface area (Å²) in [6.07, 6.45) is 1.52. The van der Waals surface area contributed by atoms with Crippen LogP contribution in [0.4, 0.5) is 0 Å². The molecular weight excluding hydrogens is 398 g/mol. The van der Waals surface area contributed by atoms with Gasteiger partial charge in [0, 0.05) is 6.07 Å². The van der Waals surface area contributed by atoms with E-state index in [1.807, 2.05) is 0 Å². The minimum absolute atomic E-state index is 0.193. The highest BCUT2D eigenvalue weighted by Crippen LogP contribution is 2.18. The standard InChI is InChI=1S/C23H21N3O5/c1-15(21(27)24-14-18-9-6-12-31-18)25-20-11-4-3-10-19(20)22(28)26(23(25)29)16-7-5-8-17(13-16)30-2/h3-13,15H,14H2,1-2H3,(H,24,27)/t15-/m0/s1. The maximum Gasteiger partial charge on any atom is 0.336 e. The molecule has 1 amide bonds. The second-order valence-electron chi connectivity index (χ2n) is 6.98. The van der Waals surface area contributed by atoms with Gasteiger partial charge in [0.15, 0.2) is 0 Å². The molecule has 0 bridgehead atoms. The van der Waals surface area contributed by atoms with E-state index in [-0.39, 0.29) is 12.5 Å². The second-order valence-corrected chi connectivity index (χ2v) is 6.98. The Kier molecular flexibility index (Phi) is 5.44. The van der Waals surface area contributed by atoms with Crippen molar-refractivity contribution in [2.24, 2.45) is 0 Å². The van der Waals surface area contributed by atoms with Gasteiger partial charge in [0.1, 0.15) is 17.6 Å². The van der Waals surface area contributed by atoms with Crippen molar-refractivity contribution in [3.05, 3.63) is 93.5 Å². The van der Waals surface area contributed by atoms with Gasteiger partial charge in [-0.05, 0) is 43.3 Å². The Morgan fingerprint density at radius 3 is 2.65 bits per heavy atom. The van der Waals surface area contributed by atoms with Crippen LogP contribution in [0, 0.1) is 0 Å². The summed E-state index contributed by atoms with van der Waals surface area (Å²) >= 11 is 0. The molecule has 4 rings (SSSR count). The molecular formula is C23H21N3O5. The topological polar surface area (TPSA) is 95.5 Å². The number of rotatable bonds is 6. The smallest absolute Gasteiger partial charge is 0.336 e. The van der Waals surface area contributed by atoms with Gasteiger partial charge in [-0.2, -0.15) is 0 Å². The summed E-state index contributed by atoms with van der Waals surface area (Å²) in [5, 5.41) is 3.10. The first-order valence-corrected chi connectivity index (χ1v) is 9.72. The van der Waals surface area contributed by atoms with Crippen molar-refractivity contribution >= 4 is 16.8 Å². The lowest BCUT2D eigenvalue weighted by Crippen LogP contribution is -2.43. The predicted molar refractivity (Wildman–Crippen MR) is 116 cm³/mol. The number of para-hydroxylation sites is 1. The largest absolute Gasteiger partial charge is 0.497 e. The van der Waals surface area contributed by atoms with Crippen LogP contribution >= 0.6 is 0 Å². The van der Waals surface area contributed by atoms with Crippen molar-refractivity contribution in [2.45, 2.75) is 19.5 Å². The molecule has 158 valence electrons. The Bertz CT molecular complexity index is 1350. The van der Waals surface area contributed by atoms with Gasteiger partial charge in [0.2, 0.25) is 5.91 Å². The third kappa shape index (κ3) is 3.75. The fraction of sp³-hybridized carbons (Fsp3) is 0.174. The van der Waals surface area contributed by atoms with Gasteiger partial charge in [-0.1, -0.05) is 18.2 Å². The molecule has 8 heteroatoms. The van der Waals surface area contributed by atoms with Crippen LogP contribution in [-0.4, -0.2) is 22.2 Å². The van der Waals surface area contributed by atoms with E-state index in [2.05, 4.69) is 5.32 Å². The highest BCUT2D eigenvalue weighted by molar-refractivity contribution is 5.84. The molecule has 2 aromatic carbocycles. The van der Waals surface area contributed by atoms with Gasteiger partial charge in [-0.15, -0.1) is 0 Å². The SMILES string of the molecule is COc1cccc(-n2c(=O)c3ccccc3n([C@@H](C)C(=O)NCc3ccco3)c2=O)c1. The number of fused-ring (bicyclic) bond motifs is 1. The van der Waals surface area contributed by atoms with E-state index in [4.69, 9.17) is 9.15 Å². The summed E-state index contributed by atoms with van der Waals surface area (Å²) in [6, 6.07) is 16.0. The Morgan fingerprint density at radius 1 is 1.10 bits per heavy atom. The lowest BCUT2D eigenvalue weighted by atomic mass is 10.2. The Balaban J connectivity index is 1.85. The van der Waals surface area contributed by atoms with E-state index >= 15 is 0 Å². The average Bonchev–Trinajstić information content (AvgIpc) is 3.31. The number of benzene rings is 2. The van der Waals surface area contributed by atoms with Gasteiger partial charge in [-0.3, -0.25) is 14.2 Å². The third-order valence-corrected chi connectivity index (χ3v) is 5.09. The Hall–Kier alpha value is -4.07. The Morgan fingerprint density at radius 2 is 1.90 bits per heavy atom. The lowest BCUT2D eigenvalue weighted by Gasteiger charge is -2.19. The zero-order valence-corrected chi connectivity index (χ0v) is 17.1. The number of hydrogen-bond acceptors (Lipinski definition) is 5. The van der Waals surface area contributed by atoms with Crippen molar-refractivity contribution < 1.29 is 13.9 Å². The lowest BCUT2D eigenvalue weighted by molar-refractivity contribution is -0.124. The summed E-state index contributed by atoms with van der Waals surface area (Å²) in [4.78, 5) is 39.5. The van der Waals surface area contributed by atoms with Crippen molar-refractivity contribution in [3.63, 3.8) is 0 Å². The van der Waals surface area contributed by atoms with Crippen LogP contribution in [0.3, 0.4) is 0 Å². The summed E-state index contributed by atoms with van der Waals surface area (Å²) in [6.45, 7) is 1.81. The molecule has 0 aliphatic carbocycles. The number of methoxy groups -OCH3 is 1. The number of furan rings is 1. The molecule has 0 spiro atoms. The van der Waals surface area contributed by atoms with Gasteiger partial charge in [0.25, 0.3) is 5.56 Å². The van der Waals surface area contributed by atoms with E-state index in [1.165, 1.54) is 17.9 Å². The molecule has 0 aliphatic rings. The van der Waals surface area contributed by atoms with Crippen LogP contribution in [0.25, 0.3) is 16.6 Å². The van der Waals surface area contributed by atoms with Gasteiger partial charge in [0.05, 0.1) is 36.5 Å². The van der Waals surface area contributed by atoms with Crippen molar-refractivity contribution in [1.82, 2.24) is 14.5 Å². The number of aromatic nitrogens is 2. The van der Waals surface area contributed by atoms with Crippen LogP contribution in [0.15, 0.2) is 80.9 Å². The molecule has 8 nitrogen and oxygen atoms in total. The zero-order valence-electron chi connectivity index (χ0n) is 17.1. The minimum Gasteiger partial charge on any atom is -0.497 e. The molecule has 0 aliphatic heterocycles. The molecule has 0 saturated heterocycles. The van der Waals surface area contributed by atoms with Crippen LogP contribution in [0.1, 0.15) is 18.7 Å². The number of carbonyl (C=O) groups is 1. The third-order valence-electron chi connectivity index (χ3n) is 5.09. The van der Waals surface area contributed by atoms with E-state index in [1.54, 1.807) is 67.6 Å². The molecule has 31 heavy (non-hydrogen) atoms. The van der Waals surface area contributed by atoms with E-state index < -0.39 is 17.3 Å². The van der Waals surface area contributed by atoms with Crippen LogP contribution < -0.4 is 21.3 Å². The van der Waals surface area contributed by atoms with Crippen LogP contribution in [-0.2, 0) is 11.3 Å². The number of nitrogens with one attached hydrogen (secondary N) is 1. The number of nitrogens with zero attached hydrogens (tertiary/aromatic N) is 2. The first-order chi connectivity index (χ1) is 15.0. The van der Waals surface area contributed by atoms with Crippen LogP contribution in [0.2, 0.25) is 0 Å². The monoisotopic (exact) mass is 419 g/mol. The van der Waals surface area contributed by atoms with E-state index in [9.17, 15) is 14.4 Å². The fourth-order valence-corrected chi connectivity index (χ4v) is 3.49. The first kappa shape index (κ1) is 20.2. The maximum atomic E-state index is 13.5. The van der Waals surface area contributed by atoms with Gasteiger partial charge in [-0.25, -0.2) is 9.36 Å².